The van der Waals surface area contributed by atoms with Gasteiger partial charge in [0.25, 0.3) is 5.69 Å². The van der Waals surface area contributed by atoms with Gasteiger partial charge >= 0.3 is 5.97 Å². The maximum absolute atomic E-state index is 12.1. The van der Waals surface area contributed by atoms with Crippen LogP contribution in [-0.2, 0) is 14.3 Å². The molecule has 0 spiro atoms. The minimum absolute atomic E-state index is 0.0306. The third-order valence-electron chi connectivity index (χ3n) is 4.53. The Bertz CT molecular complexity index is 1020. The van der Waals surface area contributed by atoms with Crippen molar-refractivity contribution in [1.29, 1.82) is 0 Å². The van der Waals surface area contributed by atoms with Crippen LogP contribution in [0, 0.1) is 10.1 Å². The van der Waals surface area contributed by atoms with Gasteiger partial charge in [0.2, 0.25) is 11.8 Å². The Morgan fingerprint density at radius 1 is 1.07 bits per heavy atom. The van der Waals surface area contributed by atoms with E-state index in [1.54, 1.807) is 29.2 Å². The molecule has 0 atom stereocenters. The van der Waals surface area contributed by atoms with Gasteiger partial charge in [0, 0.05) is 36.3 Å². The molecule has 1 amide bonds. The first-order valence-corrected chi connectivity index (χ1v) is 8.69. The Kier molecular flexibility index (Phi) is 4.44. The first-order valence-electron chi connectivity index (χ1n) is 8.69. The number of anilines is 1. The Morgan fingerprint density at radius 3 is 2.39 bits per heavy atom. The predicted molar refractivity (Wildman–Crippen MR) is 102 cm³/mol. The van der Waals surface area contributed by atoms with Crippen molar-refractivity contribution in [2.45, 2.75) is 12.8 Å². The standard InChI is InChI=1S/C20H15N3O5/c24-18-2-1-11-22(18)15-9-5-14(6-10-15)19-21-17(20(25)28-19)12-13-3-7-16(8-4-13)23(26)27/h3-10,12H,1-2,11H2/b17-12-. The van der Waals surface area contributed by atoms with Gasteiger partial charge in [-0.05, 0) is 54.5 Å². The topological polar surface area (TPSA) is 102 Å². The minimum Gasteiger partial charge on any atom is -0.402 e. The lowest BCUT2D eigenvalue weighted by molar-refractivity contribution is -0.384. The first-order chi connectivity index (χ1) is 13.5. The highest BCUT2D eigenvalue weighted by Gasteiger charge is 2.25. The zero-order chi connectivity index (χ0) is 19.7. The van der Waals surface area contributed by atoms with E-state index in [9.17, 15) is 19.7 Å². The van der Waals surface area contributed by atoms with Gasteiger partial charge in [-0.15, -0.1) is 0 Å². The van der Waals surface area contributed by atoms with Gasteiger partial charge in [-0.1, -0.05) is 0 Å². The van der Waals surface area contributed by atoms with E-state index in [1.807, 2.05) is 0 Å². The van der Waals surface area contributed by atoms with Crippen molar-refractivity contribution in [3.05, 3.63) is 75.5 Å². The number of nitro groups is 1. The van der Waals surface area contributed by atoms with Gasteiger partial charge in [-0.2, -0.15) is 0 Å². The van der Waals surface area contributed by atoms with E-state index in [0.29, 0.717) is 24.1 Å². The normalized spacial score (nSPS) is 17.8. The van der Waals surface area contributed by atoms with Crippen LogP contribution in [0.2, 0.25) is 0 Å². The largest absolute Gasteiger partial charge is 0.402 e. The highest BCUT2D eigenvalue weighted by Crippen LogP contribution is 2.24. The molecule has 2 heterocycles. The van der Waals surface area contributed by atoms with Crippen molar-refractivity contribution in [3.63, 3.8) is 0 Å². The summed E-state index contributed by atoms with van der Waals surface area (Å²) in [7, 11) is 0. The number of non-ortho nitro benzene ring substituents is 1. The van der Waals surface area contributed by atoms with E-state index < -0.39 is 10.9 Å². The highest BCUT2D eigenvalue weighted by molar-refractivity contribution is 6.13. The summed E-state index contributed by atoms with van der Waals surface area (Å²) in [6.07, 6.45) is 2.92. The molecule has 0 N–H and O–H groups in total. The fourth-order valence-corrected chi connectivity index (χ4v) is 3.09. The summed E-state index contributed by atoms with van der Waals surface area (Å²) >= 11 is 0. The van der Waals surface area contributed by atoms with Crippen molar-refractivity contribution in [2.24, 2.45) is 4.99 Å². The Morgan fingerprint density at radius 2 is 1.79 bits per heavy atom. The molecule has 1 fully saturated rings. The lowest BCUT2D eigenvalue weighted by Crippen LogP contribution is -2.23. The summed E-state index contributed by atoms with van der Waals surface area (Å²) in [6, 6.07) is 12.9. The molecule has 2 aliphatic heterocycles. The third kappa shape index (κ3) is 3.39. The zero-order valence-electron chi connectivity index (χ0n) is 14.7. The van der Waals surface area contributed by atoms with Crippen molar-refractivity contribution in [2.75, 3.05) is 11.4 Å². The third-order valence-corrected chi connectivity index (χ3v) is 4.53. The Balaban J connectivity index is 1.55. The van der Waals surface area contributed by atoms with Gasteiger partial charge in [0.05, 0.1) is 4.92 Å². The molecule has 0 unspecified atom stereocenters. The number of carbonyl (C=O) groups excluding carboxylic acids is 2. The van der Waals surface area contributed by atoms with Crippen molar-refractivity contribution in [1.82, 2.24) is 0 Å². The number of hydrogen-bond donors (Lipinski definition) is 0. The first kappa shape index (κ1) is 17.6. The second kappa shape index (κ2) is 7.07. The van der Waals surface area contributed by atoms with Crippen molar-refractivity contribution >= 4 is 35.2 Å². The molecule has 4 rings (SSSR count). The Labute approximate surface area is 159 Å². The number of amides is 1. The zero-order valence-corrected chi connectivity index (χ0v) is 14.7. The number of carbonyl (C=O) groups is 2. The molecular weight excluding hydrogens is 362 g/mol. The molecule has 28 heavy (non-hydrogen) atoms. The number of nitro benzene ring substituents is 1. The fourth-order valence-electron chi connectivity index (χ4n) is 3.09. The number of benzene rings is 2. The predicted octanol–water partition coefficient (Wildman–Crippen LogP) is 3.07. The number of ether oxygens (including phenoxy) is 1. The van der Waals surface area contributed by atoms with Crippen molar-refractivity contribution in [3.8, 4) is 0 Å². The molecule has 2 aromatic carbocycles. The maximum atomic E-state index is 12.1. The van der Waals surface area contributed by atoms with Gasteiger partial charge < -0.3 is 9.64 Å². The smallest absolute Gasteiger partial charge is 0.363 e. The summed E-state index contributed by atoms with van der Waals surface area (Å²) in [6.45, 7) is 0.705. The van der Waals surface area contributed by atoms with Crippen LogP contribution in [0.25, 0.3) is 6.08 Å². The van der Waals surface area contributed by atoms with Crippen LogP contribution in [-0.4, -0.2) is 29.2 Å². The molecular formula is C20H15N3O5. The summed E-state index contributed by atoms with van der Waals surface area (Å²) in [5.74, 6) is -0.310. The number of cyclic esters (lactones) is 1. The van der Waals surface area contributed by atoms with Crippen LogP contribution in [0.15, 0.2) is 59.2 Å². The van der Waals surface area contributed by atoms with Crippen LogP contribution < -0.4 is 4.90 Å². The van der Waals surface area contributed by atoms with E-state index in [4.69, 9.17) is 4.74 Å². The number of rotatable bonds is 4. The van der Waals surface area contributed by atoms with E-state index in [0.717, 1.165) is 12.1 Å². The molecule has 0 aromatic heterocycles. The minimum atomic E-state index is -0.591. The average Bonchev–Trinajstić information content (AvgIpc) is 3.28. The quantitative estimate of drug-likeness (QED) is 0.353. The summed E-state index contributed by atoms with van der Waals surface area (Å²) in [5, 5.41) is 10.7. The van der Waals surface area contributed by atoms with Crippen LogP contribution in [0.4, 0.5) is 11.4 Å². The molecule has 2 aromatic rings. The van der Waals surface area contributed by atoms with Crippen LogP contribution >= 0.6 is 0 Å². The highest BCUT2D eigenvalue weighted by atomic mass is 16.6. The van der Waals surface area contributed by atoms with E-state index in [1.165, 1.54) is 30.3 Å². The summed E-state index contributed by atoms with van der Waals surface area (Å²) in [4.78, 5) is 40.1. The fraction of sp³-hybridized carbons (Fsp3) is 0.150. The molecule has 0 saturated carbocycles. The monoisotopic (exact) mass is 377 g/mol. The molecule has 8 nitrogen and oxygen atoms in total. The lowest BCUT2D eigenvalue weighted by atomic mass is 10.2. The Hall–Kier alpha value is -3.81. The molecule has 1 saturated heterocycles. The second-order valence-corrected chi connectivity index (χ2v) is 6.38. The summed E-state index contributed by atoms with van der Waals surface area (Å²) < 4.78 is 5.23. The van der Waals surface area contributed by atoms with Gasteiger partial charge in [0.15, 0.2) is 5.70 Å². The van der Waals surface area contributed by atoms with E-state index in [2.05, 4.69) is 4.99 Å². The number of nitrogens with zero attached hydrogens (tertiary/aromatic N) is 3. The van der Waals surface area contributed by atoms with E-state index in [-0.39, 0.29) is 23.2 Å². The molecule has 140 valence electrons. The van der Waals surface area contributed by atoms with Gasteiger partial charge in [-0.25, -0.2) is 9.79 Å². The van der Waals surface area contributed by atoms with E-state index >= 15 is 0 Å². The molecule has 8 heteroatoms. The summed E-state index contributed by atoms with van der Waals surface area (Å²) in [5.41, 5.74) is 2.11. The lowest BCUT2D eigenvalue weighted by Gasteiger charge is -2.15. The number of esters is 1. The van der Waals surface area contributed by atoms with Crippen LogP contribution in [0.5, 0.6) is 0 Å². The van der Waals surface area contributed by atoms with Gasteiger partial charge in [0.1, 0.15) is 0 Å². The molecule has 0 bridgehead atoms. The second-order valence-electron chi connectivity index (χ2n) is 6.38. The maximum Gasteiger partial charge on any atom is 0.363 e. The number of hydrogen-bond acceptors (Lipinski definition) is 6. The number of aliphatic imine (C=N–C) groups is 1. The molecule has 0 aliphatic carbocycles. The van der Waals surface area contributed by atoms with Crippen molar-refractivity contribution < 1.29 is 19.2 Å². The average molecular weight is 377 g/mol. The molecule has 0 radical (unpaired) electrons. The van der Waals surface area contributed by atoms with Crippen LogP contribution in [0.3, 0.4) is 0 Å². The molecule has 2 aliphatic rings. The SMILES string of the molecule is O=C1OC(c2ccc(N3CCCC3=O)cc2)=N/C1=C\c1ccc([N+](=O)[O-])cc1. The van der Waals surface area contributed by atoms with Gasteiger partial charge in [-0.3, -0.25) is 14.9 Å². The van der Waals surface area contributed by atoms with Crippen LogP contribution in [0.1, 0.15) is 24.0 Å².